The highest BCUT2D eigenvalue weighted by Gasteiger charge is 2.27. The summed E-state index contributed by atoms with van der Waals surface area (Å²) in [4.78, 5) is 14.7. The van der Waals surface area contributed by atoms with Crippen molar-refractivity contribution < 1.29 is 13.2 Å². The monoisotopic (exact) mass is 562 g/mol. The average Bonchev–Trinajstić information content (AvgIpc) is 2.80. The lowest BCUT2D eigenvalue weighted by molar-refractivity contribution is -0.121. The molecular weight excluding hydrogens is 540 g/mol. The molecule has 1 N–H and O–H groups in total. The maximum Gasteiger partial charge on any atom is 0.255 e. The summed E-state index contributed by atoms with van der Waals surface area (Å²) in [6.07, 6.45) is 1.50. The first-order valence-corrected chi connectivity index (χ1v) is 12.9. The molecule has 0 bridgehead atoms. The van der Waals surface area contributed by atoms with Gasteiger partial charge in [-0.15, -0.1) is 0 Å². The maximum absolute atomic E-state index is 13.3. The first-order chi connectivity index (χ1) is 16.2. The number of amides is 1. The molecule has 0 saturated carbocycles. The number of carbonyl (C=O) groups is 1. The van der Waals surface area contributed by atoms with Gasteiger partial charge in [-0.25, -0.2) is 13.8 Å². The molecule has 0 spiro atoms. The number of hydrazone groups is 1. The number of benzene rings is 3. The summed E-state index contributed by atoms with van der Waals surface area (Å²) >= 11 is 9.55. The zero-order valence-electron chi connectivity index (χ0n) is 18.7. The molecule has 0 aliphatic rings. The van der Waals surface area contributed by atoms with Crippen molar-refractivity contribution in [1.82, 2.24) is 9.73 Å². The van der Waals surface area contributed by atoms with Gasteiger partial charge in [0.05, 0.1) is 17.7 Å². The van der Waals surface area contributed by atoms with Gasteiger partial charge in [0.25, 0.3) is 5.91 Å². The number of nitrogens with zero attached hydrogens (tertiary/aromatic N) is 3. The molecule has 0 heterocycles. The summed E-state index contributed by atoms with van der Waals surface area (Å²) in [7, 11) is -0.0926. The fourth-order valence-electron chi connectivity index (χ4n) is 3.03. The van der Waals surface area contributed by atoms with E-state index in [2.05, 4.69) is 26.5 Å². The topological polar surface area (TPSA) is 82.1 Å². The zero-order chi connectivity index (χ0) is 24.7. The van der Waals surface area contributed by atoms with Crippen molar-refractivity contribution >= 4 is 55.4 Å². The molecular formula is C24H24BrClN4O3S. The minimum absolute atomic E-state index is 0.0683. The third-order valence-corrected chi connectivity index (χ3v) is 7.59. The quantitative estimate of drug-likeness (QED) is 0.307. The molecule has 1 amide bonds. The van der Waals surface area contributed by atoms with Crippen LogP contribution in [-0.4, -0.2) is 45.5 Å². The molecule has 3 aromatic rings. The van der Waals surface area contributed by atoms with Gasteiger partial charge in [-0.1, -0.05) is 57.9 Å². The molecule has 0 aliphatic heterocycles. The largest absolute Gasteiger partial charge is 0.378 e. The smallest absolute Gasteiger partial charge is 0.255 e. The van der Waals surface area contributed by atoms with E-state index in [1.54, 1.807) is 36.4 Å². The molecule has 0 atom stereocenters. The van der Waals surface area contributed by atoms with Gasteiger partial charge in [0.1, 0.15) is 0 Å². The van der Waals surface area contributed by atoms with E-state index >= 15 is 0 Å². The lowest BCUT2D eigenvalue weighted by atomic mass is 10.2. The third kappa shape index (κ3) is 6.89. The number of rotatable bonds is 9. The Hall–Kier alpha value is -2.72. The van der Waals surface area contributed by atoms with Crippen LogP contribution in [0.15, 0.2) is 87.3 Å². The van der Waals surface area contributed by atoms with E-state index in [-0.39, 0.29) is 11.4 Å². The Bertz CT molecular complexity index is 1260. The van der Waals surface area contributed by atoms with Gasteiger partial charge < -0.3 is 4.90 Å². The first-order valence-electron chi connectivity index (χ1n) is 10.3. The molecule has 10 heteroatoms. The molecule has 0 aliphatic carbocycles. The molecule has 0 aromatic heterocycles. The Morgan fingerprint density at radius 1 is 1.03 bits per heavy atom. The Morgan fingerprint density at radius 3 is 2.29 bits per heavy atom. The number of nitrogens with one attached hydrogen (secondary N) is 1. The van der Waals surface area contributed by atoms with Crippen LogP contribution in [0.2, 0.25) is 5.02 Å². The SMILES string of the molecule is CN(C)c1ccc(/C=N/NC(=O)CN(Cc2ccccc2Cl)S(=O)(=O)c2ccc(Br)cc2)cc1. The lowest BCUT2D eigenvalue weighted by Crippen LogP contribution is -2.39. The van der Waals surface area contributed by atoms with Gasteiger partial charge in [0, 0.05) is 35.8 Å². The zero-order valence-corrected chi connectivity index (χ0v) is 21.8. The molecule has 0 fully saturated rings. The number of hydrogen-bond acceptors (Lipinski definition) is 5. The van der Waals surface area contributed by atoms with Crippen LogP contribution in [0.25, 0.3) is 0 Å². The highest BCUT2D eigenvalue weighted by molar-refractivity contribution is 9.10. The molecule has 0 unspecified atom stereocenters. The number of halogens is 2. The van der Waals surface area contributed by atoms with E-state index in [0.717, 1.165) is 20.0 Å². The van der Waals surface area contributed by atoms with Gasteiger partial charge in [0.15, 0.2) is 0 Å². The fraction of sp³-hybridized carbons (Fsp3) is 0.167. The van der Waals surface area contributed by atoms with E-state index in [9.17, 15) is 13.2 Å². The van der Waals surface area contributed by atoms with Crippen LogP contribution in [0.3, 0.4) is 0 Å². The summed E-state index contributed by atoms with van der Waals surface area (Å²) in [6, 6.07) is 20.7. The first kappa shape index (κ1) is 25.9. The highest BCUT2D eigenvalue weighted by Crippen LogP contribution is 2.23. The minimum Gasteiger partial charge on any atom is -0.378 e. The summed E-state index contributed by atoms with van der Waals surface area (Å²) < 4.78 is 28.5. The average molecular weight is 564 g/mol. The van der Waals surface area contributed by atoms with Crippen molar-refractivity contribution in [2.24, 2.45) is 5.10 Å². The van der Waals surface area contributed by atoms with Crippen LogP contribution in [0.5, 0.6) is 0 Å². The van der Waals surface area contributed by atoms with Gasteiger partial charge in [-0.3, -0.25) is 4.79 Å². The maximum atomic E-state index is 13.3. The van der Waals surface area contributed by atoms with Crippen molar-refractivity contribution in [3.63, 3.8) is 0 Å². The standard InChI is InChI=1S/C24H24BrClN4O3S/c1-29(2)21-11-7-18(8-12-21)15-27-28-24(31)17-30(16-19-5-3-4-6-23(19)26)34(32,33)22-13-9-20(25)10-14-22/h3-15H,16-17H2,1-2H3,(H,28,31)/b27-15+. The van der Waals surface area contributed by atoms with Crippen molar-refractivity contribution in [1.29, 1.82) is 0 Å². The Labute approximate surface area is 213 Å². The second-order valence-corrected chi connectivity index (χ2v) is 10.9. The van der Waals surface area contributed by atoms with E-state index in [1.807, 2.05) is 43.3 Å². The van der Waals surface area contributed by atoms with Crippen LogP contribution in [0.4, 0.5) is 5.69 Å². The molecule has 34 heavy (non-hydrogen) atoms. The summed E-state index contributed by atoms with van der Waals surface area (Å²) in [5.74, 6) is -0.575. The van der Waals surface area contributed by atoms with E-state index < -0.39 is 22.5 Å². The lowest BCUT2D eigenvalue weighted by Gasteiger charge is -2.22. The Kier molecular flexibility index (Phi) is 8.84. The second kappa shape index (κ2) is 11.6. The number of carbonyl (C=O) groups excluding carboxylic acids is 1. The number of anilines is 1. The second-order valence-electron chi connectivity index (χ2n) is 7.60. The molecule has 0 radical (unpaired) electrons. The molecule has 7 nitrogen and oxygen atoms in total. The predicted octanol–water partition coefficient (Wildman–Crippen LogP) is 4.51. The van der Waals surface area contributed by atoms with Crippen LogP contribution in [0.1, 0.15) is 11.1 Å². The molecule has 3 rings (SSSR count). The Balaban J connectivity index is 1.77. The van der Waals surface area contributed by atoms with Gasteiger partial charge in [-0.2, -0.15) is 9.41 Å². The number of sulfonamides is 1. The minimum atomic E-state index is -3.98. The van der Waals surface area contributed by atoms with Gasteiger partial charge in [-0.05, 0) is 53.6 Å². The summed E-state index contributed by atoms with van der Waals surface area (Å²) in [5.41, 5.74) is 4.82. The van der Waals surface area contributed by atoms with Gasteiger partial charge in [0.2, 0.25) is 10.0 Å². The number of hydrogen-bond donors (Lipinski definition) is 1. The van der Waals surface area contributed by atoms with Crippen molar-refractivity contribution in [3.8, 4) is 0 Å². The van der Waals surface area contributed by atoms with Gasteiger partial charge >= 0.3 is 0 Å². The van der Waals surface area contributed by atoms with Crippen LogP contribution in [-0.2, 0) is 21.4 Å². The van der Waals surface area contributed by atoms with Crippen molar-refractivity contribution in [2.45, 2.75) is 11.4 Å². The van der Waals surface area contributed by atoms with Crippen molar-refractivity contribution in [3.05, 3.63) is 93.4 Å². The van der Waals surface area contributed by atoms with Crippen molar-refractivity contribution in [2.75, 3.05) is 25.5 Å². The third-order valence-electron chi connectivity index (χ3n) is 4.89. The normalized spacial score (nSPS) is 11.7. The van der Waals surface area contributed by atoms with Crippen LogP contribution < -0.4 is 10.3 Å². The predicted molar refractivity (Wildman–Crippen MR) is 140 cm³/mol. The molecule has 0 saturated heterocycles. The van der Waals surface area contributed by atoms with E-state index in [0.29, 0.717) is 10.6 Å². The highest BCUT2D eigenvalue weighted by atomic mass is 79.9. The Morgan fingerprint density at radius 2 is 1.68 bits per heavy atom. The summed E-state index contributed by atoms with van der Waals surface area (Å²) in [6.45, 7) is -0.498. The fourth-order valence-corrected chi connectivity index (χ4v) is 4.87. The van der Waals surface area contributed by atoms with Crippen LogP contribution in [0, 0.1) is 0 Å². The molecule has 3 aromatic carbocycles. The van der Waals surface area contributed by atoms with Crippen LogP contribution >= 0.6 is 27.5 Å². The summed E-state index contributed by atoms with van der Waals surface area (Å²) in [5, 5.41) is 4.38. The van der Waals surface area contributed by atoms with E-state index in [1.165, 1.54) is 18.3 Å². The van der Waals surface area contributed by atoms with E-state index in [4.69, 9.17) is 11.6 Å². The molecule has 178 valence electrons.